The lowest BCUT2D eigenvalue weighted by Crippen LogP contribution is -2.52. The first-order chi connectivity index (χ1) is 9.38. The van der Waals surface area contributed by atoms with Crippen LogP contribution in [0.15, 0.2) is 24.5 Å². The van der Waals surface area contributed by atoms with Gasteiger partial charge in [0.25, 0.3) is 5.91 Å². The van der Waals surface area contributed by atoms with Crippen LogP contribution in [-0.4, -0.2) is 44.9 Å². The lowest BCUT2D eigenvalue weighted by Gasteiger charge is -2.27. The molecule has 2 heterocycles. The van der Waals surface area contributed by atoms with Gasteiger partial charge in [0.2, 0.25) is 5.91 Å². The minimum Gasteiger partial charge on any atom is -0.350 e. The molecule has 0 bridgehead atoms. The number of nitrogens with zero attached hydrogens (tertiary/aromatic N) is 2. The molecule has 1 aliphatic rings. The molecule has 0 spiro atoms. The summed E-state index contributed by atoms with van der Waals surface area (Å²) >= 11 is 1.60. The van der Waals surface area contributed by atoms with Crippen LogP contribution in [0.5, 0.6) is 0 Å². The Morgan fingerprint density at radius 3 is 2.60 bits per heavy atom. The number of carbonyl (C=O) groups is 2. The van der Waals surface area contributed by atoms with Crippen LogP contribution < -0.4 is 5.32 Å². The van der Waals surface area contributed by atoms with Crippen molar-refractivity contribution >= 4 is 23.6 Å². The smallest absolute Gasteiger partial charge is 0.255 e. The molecule has 1 atom stereocenters. The second kappa shape index (κ2) is 5.83. The largest absolute Gasteiger partial charge is 0.350 e. The average Bonchev–Trinajstić information content (AvgIpc) is 2.86. The summed E-state index contributed by atoms with van der Waals surface area (Å²) in [6.07, 6.45) is 3.17. The molecule has 1 aromatic heterocycles. The number of pyridine rings is 1. The monoisotopic (exact) mass is 293 g/mol. The molecular weight excluding hydrogens is 274 g/mol. The van der Waals surface area contributed by atoms with E-state index < -0.39 is 6.04 Å². The van der Waals surface area contributed by atoms with Crippen molar-refractivity contribution < 1.29 is 9.59 Å². The minimum atomic E-state index is -0.403. The molecule has 2 rings (SSSR count). The van der Waals surface area contributed by atoms with Gasteiger partial charge in [-0.05, 0) is 32.9 Å². The van der Waals surface area contributed by atoms with E-state index in [1.165, 1.54) is 0 Å². The third-order valence-electron chi connectivity index (χ3n) is 2.87. The van der Waals surface area contributed by atoms with Crippen LogP contribution in [0.25, 0.3) is 0 Å². The zero-order valence-electron chi connectivity index (χ0n) is 11.9. The van der Waals surface area contributed by atoms with Crippen molar-refractivity contribution in [2.45, 2.75) is 32.4 Å². The maximum atomic E-state index is 12.4. The summed E-state index contributed by atoms with van der Waals surface area (Å²) in [7, 11) is 0. The Morgan fingerprint density at radius 1 is 1.35 bits per heavy atom. The van der Waals surface area contributed by atoms with Crippen molar-refractivity contribution in [2.24, 2.45) is 0 Å². The first-order valence-corrected chi connectivity index (χ1v) is 7.65. The number of rotatable bonds is 2. The average molecular weight is 293 g/mol. The molecule has 1 fully saturated rings. The van der Waals surface area contributed by atoms with Crippen molar-refractivity contribution in [1.29, 1.82) is 0 Å². The highest BCUT2D eigenvalue weighted by atomic mass is 32.2. The number of nitrogens with one attached hydrogen (secondary N) is 1. The first kappa shape index (κ1) is 14.8. The first-order valence-electron chi connectivity index (χ1n) is 6.49. The summed E-state index contributed by atoms with van der Waals surface area (Å²) in [4.78, 5) is 30.2. The Kier molecular flexibility index (Phi) is 4.32. The lowest BCUT2D eigenvalue weighted by atomic mass is 10.1. The van der Waals surface area contributed by atoms with Gasteiger partial charge in [0.15, 0.2) is 0 Å². The number of hydrogen-bond donors (Lipinski definition) is 1. The van der Waals surface area contributed by atoms with E-state index in [1.807, 2.05) is 20.8 Å². The van der Waals surface area contributed by atoms with Crippen molar-refractivity contribution in [3.8, 4) is 0 Å². The number of amides is 2. The van der Waals surface area contributed by atoms with Crippen molar-refractivity contribution in [3.05, 3.63) is 30.1 Å². The van der Waals surface area contributed by atoms with Crippen LogP contribution in [-0.2, 0) is 4.79 Å². The van der Waals surface area contributed by atoms with E-state index in [4.69, 9.17) is 0 Å². The maximum absolute atomic E-state index is 12.4. The predicted molar refractivity (Wildman–Crippen MR) is 79.4 cm³/mol. The van der Waals surface area contributed by atoms with E-state index in [0.717, 1.165) is 0 Å². The predicted octanol–water partition coefficient (Wildman–Crippen LogP) is 1.51. The van der Waals surface area contributed by atoms with E-state index in [0.29, 0.717) is 17.2 Å². The van der Waals surface area contributed by atoms with E-state index >= 15 is 0 Å². The summed E-state index contributed by atoms with van der Waals surface area (Å²) in [5.41, 5.74) is 0.270. The molecule has 1 saturated heterocycles. The fourth-order valence-electron chi connectivity index (χ4n) is 1.97. The number of carbonyl (C=O) groups excluding carboxylic acids is 2. The third kappa shape index (κ3) is 3.50. The van der Waals surface area contributed by atoms with E-state index in [1.54, 1.807) is 41.2 Å². The number of hydrogen-bond acceptors (Lipinski definition) is 4. The summed E-state index contributed by atoms with van der Waals surface area (Å²) < 4.78 is 0. The lowest BCUT2D eigenvalue weighted by molar-refractivity contribution is -0.125. The summed E-state index contributed by atoms with van der Waals surface area (Å²) in [6.45, 7) is 5.80. The quantitative estimate of drug-likeness (QED) is 0.898. The molecule has 1 unspecified atom stereocenters. The van der Waals surface area contributed by atoms with Gasteiger partial charge in [0, 0.05) is 29.2 Å². The normalized spacial score (nSPS) is 18.9. The molecule has 0 radical (unpaired) electrons. The van der Waals surface area contributed by atoms with Crippen LogP contribution in [0, 0.1) is 0 Å². The van der Waals surface area contributed by atoms with Gasteiger partial charge in [0.05, 0.1) is 5.88 Å². The Hall–Kier alpha value is -1.56. The van der Waals surface area contributed by atoms with Crippen LogP contribution in [0.4, 0.5) is 0 Å². The molecule has 0 saturated carbocycles. The topological polar surface area (TPSA) is 62.3 Å². The molecule has 2 amide bonds. The van der Waals surface area contributed by atoms with E-state index in [9.17, 15) is 9.59 Å². The molecule has 1 aliphatic heterocycles. The molecule has 108 valence electrons. The van der Waals surface area contributed by atoms with Gasteiger partial charge in [-0.3, -0.25) is 14.6 Å². The minimum absolute atomic E-state index is 0.0927. The second-order valence-corrected chi connectivity index (χ2v) is 6.77. The number of thioether (sulfide) groups is 1. The summed E-state index contributed by atoms with van der Waals surface area (Å²) in [6, 6.07) is 2.94. The summed E-state index contributed by atoms with van der Waals surface area (Å²) in [5, 5.41) is 2.94. The summed E-state index contributed by atoms with van der Waals surface area (Å²) in [5.74, 6) is 0.971. The molecular formula is C14H19N3O2S. The van der Waals surface area contributed by atoms with Crippen LogP contribution in [0.2, 0.25) is 0 Å². The fraction of sp³-hybridized carbons (Fsp3) is 0.500. The molecule has 6 heteroatoms. The highest BCUT2D eigenvalue weighted by Crippen LogP contribution is 2.23. The van der Waals surface area contributed by atoms with Gasteiger partial charge in [-0.25, -0.2) is 0 Å². The van der Waals surface area contributed by atoms with Gasteiger partial charge in [-0.15, -0.1) is 11.8 Å². The fourth-order valence-corrected chi connectivity index (χ4v) is 3.13. The molecule has 0 aliphatic carbocycles. The molecule has 0 aromatic carbocycles. The Balaban J connectivity index is 2.11. The van der Waals surface area contributed by atoms with Crippen LogP contribution in [0.3, 0.4) is 0 Å². The SMILES string of the molecule is CC(C)(C)NC(=O)C1CSCN1C(=O)c1ccncc1. The van der Waals surface area contributed by atoms with Gasteiger partial charge in [-0.1, -0.05) is 0 Å². The molecule has 5 nitrogen and oxygen atoms in total. The van der Waals surface area contributed by atoms with Crippen molar-refractivity contribution in [2.75, 3.05) is 11.6 Å². The third-order valence-corrected chi connectivity index (χ3v) is 3.88. The van der Waals surface area contributed by atoms with Crippen molar-refractivity contribution in [1.82, 2.24) is 15.2 Å². The molecule has 20 heavy (non-hydrogen) atoms. The highest BCUT2D eigenvalue weighted by Gasteiger charge is 2.36. The van der Waals surface area contributed by atoms with E-state index in [-0.39, 0.29) is 17.4 Å². The molecule has 1 aromatic rings. The van der Waals surface area contributed by atoms with Crippen molar-refractivity contribution in [3.63, 3.8) is 0 Å². The van der Waals surface area contributed by atoms with Crippen LogP contribution >= 0.6 is 11.8 Å². The second-order valence-electron chi connectivity index (χ2n) is 5.77. The van der Waals surface area contributed by atoms with Gasteiger partial charge < -0.3 is 10.2 Å². The Morgan fingerprint density at radius 2 is 2.00 bits per heavy atom. The van der Waals surface area contributed by atoms with Crippen LogP contribution in [0.1, 0.15) is 31.1 Å². The standard InChI is InChI=1S/C14H19N3O2S/c1-14(2,3)16-12(18)11-8-20-9-17(11)13(19)10-4-6-15-7-5-10/h4-7,11H,8-9H2,1-3H3,(H,16,18). The zero-order valence-corrected chi connectivity index (χ0v) is 12.7. The zero-order chi connectivity index (χ0) is 14.8. The maximum Gasteiger partial charge on any atom is 0.255 e. The highest BCUT2D eigenvalue weighted by molar-refractivity contribution is 7.99. The number of aromatic nitrogens is 1. The Labute approximate surface area is 123 Å². The van der Waals surface area contributed by atoms with Gasteiger partial charge >= 0.3 is 0 Å². The van der Waals surface area contributed by atoms with Gasteiger partial charge in [-0.2, -0.15) is 0 Å². The molecule has 1 N–H and O–H groups in total. The van der Waals surface area contributed by atoms with E-state index in [2.05, 4.69) is 10.3 Å². The van der Waals surface area contributed by atoms with Gasteiger partial charge in [0.1, 0.15) is 6.04 Å². The Bertz CT molecular complexity index is 499.